The number of hydrogen-bond acceptors (Lipinski definition) is 2. The molecule has 1 N–H and O–H groups in total. The van der Waals surface area contributed by atoms with E-state index in [1.165, 1.54) is 0 Å². The SMILES string of the molecule is CCCC(=O)CCCCCCCNC(=O)C(C)(C)C. The molecule has 0 heterocycles. The Balaban J connectivity index is 3.33. The van der Waals surface area contributed by atoms with Crippen molar-refractivity contribution in [2.24, 2.45) is 5.41 Å². The second-order valence-corrected chi connectivity index (χ2v) is 6.31. The van der Waals surface area contributed by atoms with E-state index < -0.39 is 0 Å². The molecule has 0 fully saturated rings. The van der Waals surface area contributed by atoms with Crippen LogP contribution in [0.25, 0.3) is 0 Å². The van der Waals surface area contributed by atoms with Crippen LogP contribution in [0, 0.1) is 5.41 Å². The number of Topliss-reactive ketones (excluding diaryl/α,β-unsaturated/α-hetero) is 1. The van der Waals surface area contributed by atoms with Crippen LogP contribution in [-0.2, 0) is 9.59 Å². The molecule has 0 aliphatic rings. The van der Waals surface area contributed by atoms with Crippen molar-refractivity contribution in [1.82, 2.24) is 5.32 Å². The van der Waals surface area contributed by atoms with Crippen LogP contribution >= 0.6 is 0 Å². The minimum Gasteiger partial charge on any atom is -0.356 e. The second-order valence-electron chi connectivity index (χ2n) is 6.31. The monoisotopic (exact) mass is 269 g/mol. The lowest BCUT2D eigenvalue weighted by molar-refractivity contribution is -0.128. The van der Waals surface area contributed by atoms with Crippen LogP contribution in [0.1, 0.15) is 79.1 Å². The summed E-state index contributed by atoms with van der Waals surface area (Å²) >= 11 is 0. The Morgan fingerprint density at radius 3 is 2.05 bits per heavy atom. The van der Waals surface area contributed by atoms with Crippen LogP contribution in [-0.4, -0.2) is 18.2 Å². The molecule has 0 radical (unpaired) electrons. The molecule has 0 spiro atoms. The van der Waals surface area contributed by atoms with E-state index in [9.17, 15) is 9.59 Å². The number of ketones is 1. The van der Waals surface area contributed by atoms with Crippen molar-refractivity contribution in [3.8, 4) is 0 Å². The van der Waals surface area contributed by atoms with Crippen molar-refractivity contribution in [2.45, 2.75) is 79.1 Å². The average molecular weight is 269 g/mol. The highest BCUT2D eigenvalue weighted by Crippen LogP contribution is 2.12. The van der Waals surface area contributed by atoms with E-state index in [-0.39, 0.29) is 11.3 Å². The maximum absolute atomic E-state index is 11.6. The van der Waals surface area contributed by atoms with Gasteiger partial charge in [-0.3, -0.25) is 9.59 Å². The lowest BCUT2D eigenvalue weighted by atomic mass is 9.96. The smallest absolute Gasteiger partial charge is 0.225 e. The first-order valence-corrected chi connectivity index (χ1v) is 7.68. The van der Waals surface area contributed by atoms with E-state index in [1.54, 1.807) is 0 Å². The molecule has 3 nitrogen and oxygen atoms in total. The molecule has 0 atom stereocenters. The van der Waals surface area contributed by atoms with Crippen LogP contribution < -0.4 is 5.32 Å². The van der Waals surface area contributed by atoms with Crippen molar-refractivity contribution in [3.05, 3.63) is 0 Å². The van der Waals surface area contributed by atoms with Gasteiger partial charge >= 0.3 is 0 Å². The molecular weight excluding hydrogens is 238 g/mol. The molecule has 3 heteroatoms. The first-order valence-electron chi connectivity index (χ1n) is 7.68. The minimum absolute atomic E-state index is 0.123. The van der Waals surface area contributed by atoms with Gasteiger partial charge in [0.1, 0.15) is 5.78 Å². The Labute approximate surface area is 118 Å². The topological polar surface area (TPSA) is 46.2 Å². The highest BCUT2D eigenvalue weighted by Gasteiger charge is 2.19. The maximum atomic E-state index is 11.6. The fourth-order valence-corrected chi connectivity index (χ4v) is 1.85. The number of unbranched alkanes of at least 4 members (excludes halogenated alkanes) is 4. The number of amides is 1. The largest absolute Gasteiger partial charge is 0.356 e. The third kappa shape index (κ3) is 10.7. The van der Waals surface area contributed by atoms with Gasteiger partial charge in [-0.25, -0.2) is 0 Å². The zero-order valence-electron chi connectivity index (χ0n) is 13.2. The molecule has 0 aliphatic heterocycles. The van der Waals surface area contributed by atoms with E-state index in [1.807, 2.05) is 27.7 Å². The van der Waals surface area contributed by atoms with Gasteiger partial charge in [0.2, 0.25) is 5.91 Å². The van der Waals surface area contributed by atoms with Crippen molar-refractivity contribution in [3.63, 3.8) is 0 Å². The first-order chi connectivity index (χ1) is 8.88. The van der Waals surface area contributed by atoms with E-state index in [4.69, 9.17) is 0 Å². The van der Waals surface area contributed by atoms with E-state index >= 15 is 0 Å². The van der Waals surface area contributed by atoms with Crippen LogP contribution in [0.5, 0.6) is 0 Å². The van der Waals surface area contributed by atoms with Crippen molar-refractivity contribution in [2.75, 3.05) is 6.54 Å². The van der Waals surface area contributed by atoms with E-state index in [2.05, 4.69) is 5.32 Å². The lowest BCUT2D eigenvalue weighted by Gasteiger charge is -2.17. The molecule has 0 aromatic rings. The van der Waals surface area contributed by atoms with Gasteiger partial charge < -0.3 is 5.32 Å². The van der Waals surface area contributed by atoms with Crippen LogP contribution in [0.2, 0.25) is 0 Å². The molecular formula is C16H31NO2. The van der Waals surface area contributed by atoms with Gasteiger partial charge in [0, 0.05) is 24.8 Å². The van der Waals surface area contributed by atoms with Gasteiger partial charge in [-0.15, -0.1) is 0 Å². The highest BCUT2D eigenvalue weighted by atomic mass is 16.2. The Kier molecular flexibility index (Phi) is 9.54. The number of nitrogens with one attached hydrogen (secondary N) is 1. The lowest BCUT2D eigenvalue weighted by Crippen LogP contribution is -2.35. The summed E-state index contributed by atoms with van der Waals surface area (Å²) in [7, 11) is 0. The molecule has 1 amide bonds. The predicted octanol–water partition coefficient (Wildman–Crippen LogP) is 3.86. The molecule has 0 saturated carbocycles. The quantitative estimate of drug-likeness (QED) is 0.612. The summed E-state index contributed by atoms with van der Waals surface area (Å²) in [6.45, 7) is 8.59. The molecule has 0 aromatic heterocycles. The minimum atomic E-state index is -0.292. The molecule has 0 saturated heterocycles. The second kappa shape index (κ2) is 9.99. The molecule has 0 aliphatic carbocycles. The van der Waals surface area contributed by atoms with Gasteiger partial charge in [0.05, 0.1) is 0 Å². The van der Waals surface area contributed by atoms with Gasteiger partial charge in [-0.05, 0) is 19.3 Å². The number of carbonyl (C=O) groups is 2. The predicted molar refractivity (Wildman–Crippen MR) is 80.1 cm³/mol. The van der Waals surface area contributed by atoms with Crippen molar-refractivity contribution >= 4 is 11.7 Å². The normalized spacial score (nSPS) is 11.4. The Hall–Kier alpha value is -0.860. The molecule has 19 heavy (non-hydrogen) atoms. The summed E-state index contributed by atoms with van der Waals surface area (Å²) in [5.41, 5.74) is -0.292. The molecule has 0 aromatic carbocycles. The zero-order chi connectivity index (χ0) is 14.7. The maximum Gasteiger partial charge on any atom is 0.225 e. The van der Waals surface area contributed by atoms with Crippen LogP contribution in [0.4, 0.5) is 0 Å². The summed E-state index contributed by atoms with van der Waals surface area (Å²) in [5.74, 6) is 0.526. The summed E-state index contributed by atoms with van der Waals surface area (Å²) in [5, 5.41) is 2.96. The Morgan fingerprint density at radius 1 is 0.895 bits per heavy atom. The molecule has 0 rings (SSSR count). The van der Waals surface area contributed by atoms with Crippen LogP contribution in [0.3, 0.4) is 0 Å². The van der Waals surface area contributed by atoms with Gasteiger partial charge in [-0.2, -0.15) is 0 Å². The summed E-state index contributed by atoms with van der Waals surface area (Å²) < 4.78 is 0. The average Bonchev–Trinajstić information content (AvgIpc) is 2.31. The first kappa shape index (κ1) is 18.1. The summed E-state index contributed by atoms with van der Waals surface area (Å²) in [6, 6.07) is 0. The van der Waals surface area contributed by atoms with Gasteiger partial charge in [0.25, 0.3) is 0 Å². The Bertz CT molecular complexity index is 266. The highest BCUT2D eigenvalue weighted by molar-refractivity contribution is 5.81. The van der Waals surface area contributed by atoms with Gasteiger partial charge in [-0.1, -0.05) is 47.0 Å². The van der Waals surface area contributed by atoms with Crippen LogP contribution in [0.15, 0.2) is 0 Å². The van der Waals surface area contributed by atoms with E-state index in [0.717, 1.165) is 57.9 Å². The third-order valence-corrected chi connectivity index (χ3v) is 3.13. The van der Waals surface area contributed by atoms with E-state index in [0.29, 0.717) is 5.78 Å². The summed E-state index contributed by atoms with van der Waals surface area (Å²) in [4.78, 5) is 22.9. The molecule has 112 valence electrons. The third-order valence-electron chi connectivity index (χ3n) is 3.13. The number of carbonyl (C=O) groups excluding carboxylic acids is 2. The number of hydrogen-bond donors (Lipinski definition) is 1. The molecule has 0 bridgehead atoms. The zero-order valence-corrected chi connectivity index (χ0v) is 13.2. The fraction of sp³-hybridized carbons (Fsp3) is 0.875. The summed E-state index contributed by atoms with van der Waals surface area (Å²) in [6.07, 6.45) is 7.91. The van der Waals surface area contributed by atoms with Crippen molar-refractivity contribution < 1.29 is 9.59 Å². The van der Waals surface area contributed by atoms with Crippen molar-refractivity contribution in [1.29, 1.82) is 0 Å². The molecule has 0 unspecified atom stereocenters. The van der Waals surface area contributed by atoms with Gasteiger partial charge in [0.15, 0.2) is 0 Å². The Morgan fingerprint density at radius 2 is 1.47 bits per heavy atom. The standard InChI is InChI=1S/C16H31NO2/c1-5-11-14(18)12-9-7-6-8-10-13-17-15(19)16(2,3)4/h5-13H2,1-4H3,(H,17,19). The fourth-order valence-electron chi connectivity index (χ4n) is 1.85. The number of rotatable bonds is 10.